The van der Waals surface area contributed by atoms with E-state index < -0.39 is 40.5 Å². The summed E-state index contributed by atoms with van der Waals surface area (Å²) in [5.74, 6) is -7.95. The van der Waals surface area contributed by atoms with Gasteiger partial charge >= 0.3 is 0 Å². The molecule has 0 unspecified atom stereocenters. The molecule has 0 atom stereocenters. The first kappa shape index (κ1) is 13.4. The second-order valence-electron chi connectivity index (χ2n) is 3.86. The van der Waals surface area contributed by atoms with E-state index in [1.807, 2.05) is 0 Å². The third-order valence-corrected chi connectivity index (χ3v) is 1.91. The standard InChI is InChI=1S/C10H9F4NO2/c1-10(2,17)9(16)15-8-6(13)4(11)3-5(12)7(8)14/h3,17H,1-2H3,(H,15,16). The van der Waals surface area contributed by atoms with Gasteiger partial charge in [-0.3, -0.25) is 4.79 Å². The first-order chi connectivity index (χ1) is 7.64. The molecule has 0 heterocycles. The van der Waals surface area contributed by atoms with Crippen LogP contribution in [0, 0.1) is 23.3 Å². The van der Waals surface area contributed by atoms with E-state index in [9.17, 15) is 27.5 Å². The Morgan fingerprint density at radius 1 is 1.18 bits per heavy atom. The highest BCUT2D eigenvalue weighted by molar-refractivity contribution is 5.96. The van der Waals surface area contributed by atoms with Crippen molar-refractivity contribution in [3.05, 3.63) is 29.3 Å². The summed E-state index contributed by atoms with van der Waals surface area (Å²) in [5, 5.41) is 10.8. The highest BCUT2D eigenvalue weighted by Gasteiger charge is 2.28. The minimum absolute atomic E-state index is 0.0183. The van der Waals surface area contributed by atoms with Crippen LogP contribution in [0.1, 0.15) is 13.8 Å². The SMILES string of the molecule is CC(C)(O)C(=O)Nc1c(F)c(F)cc(F)c1F. The van der Waals surface area contributed by atoms with E-state index in [1.54, 1.807) is 5.32 Å². The summed E-state index contributed by atoms with van der Waals surface area (Å²) in [5.41, 5.74) is -3.21. The van der Waals surface area contributed by atoms with Crippen molar-refractivity contribution in [2.75, 3.05) is 5.32 Å². The van der Waals surface area contributed by atoms with Gasteiger partial charge in [0.2, 0.25) is 0 Å². The Labute approximate surface area is 94.1 Å². The minimum atomic E-state index is -1.94. The zero-order valence-corrected chi connectivity index (χ0v) is 8.94. The first-order valence-corrected chi connectivity index (χ1v) is 4.51. The van der Waals surface area contributed by atoms with E-state index in [2.05, 4.69) is 0 Å². The van der Waals surface area contributed by atoms with Crippen LogP contribution >= 0.6 is 0 Å². The number of anilines is 1. The zero-order valence-electron chi connectivity index (χ0n) is 8.94. The minimum Gasteiger partial charge on any atom is -0.381 e. The molecule has 94 valence electrons. The quantitative estimate of drug-likeness (QED) is 0.623. The molecule has 0 aliphatic carbocycles. The highest BCUT2D eigenvalue weighted by atomic mass is 19.2. The number of benzene rings is 1. The van der Waals surface area contributed by atoms with Gasteiger partial charge in [-0.25, -0.2) is 17.6 Å². The summed E-state index contributed by atoms with van der Waals surface area (Å²) in [6.07, 6.45) is 0. The number of rotatable bonds is 2. The fourth-order valence-electron chi connectivity index (χ4n) is 0.949. The Balaban J connectivity index is 3.20. The molecule has 0 saturated heterocycles. The number of hydrogen-bond acceptors (Lipinski definition) is 2. The van der Waals surface area contributed by atoms with Crippen molar-refractivity contribution < 1.29 is 27.5 Å². The Morgan fingerprint density at radius 2 is 1.59 bits per heavy atom. The highest BCUT2D eigenvalue weighted by Crippen LogP contribution is 2.24. The van der Waals surface area contributed by atoms with Crippen LogP contribution in [0.2, 0.25) is 0 Å². The van der Waals surface area contributed by atoms with Gasteiger partial charge in [0.1, 0.15) is 11.3 Å². The molecule has 1 aromatic rings. The van der Waals surface area contributed by atoms with Gasteiger partial charge in [0.15, 0.2) is 23.3 Å². The molecule has 3 nitrogen and oxygen atoms in total. The van der Waals surface area contributed by atoms with E-state index in [0.29, 0.717) is 0 Å². The van der Waals surface area contributed by atoms with Crippen LogP contribution in [0.4, 0.5) is 23.2 Å². The Hall–Kier alpha value is -1.63. The molecule has 0 aliphatic rings. The molecule has 0 fully saturated rings. The van der Waals surface area contributed by atoms with Gasteiger partial charge in [0, 0.05) is 6.07 Å². The van der Waals surface area contributed by atoms with Crippen molar-refractivity contribution in [2.24, 2.45) is 0 Å². The van der Waals surface area contributed by atoms with Crippen molar-refractivity contribution in [2.45, 2.75) is 19.4 Å². The summed E-state index contributed by atoms with van der Waals surface area (Å²) in [4.78, 5) is 11.2. The molecule has 0 bridgehead atoms. The Morgan fingerprint density at radius 3 is 1.94 bits per heavy atom. The Bertz CT molecular complexity index is 442. The molecule has 0 aliphatic heterocycles. The number of carbonyl (C=O) groups is 1. The third-order valence-electron chi connectivity index (χ3n) is 1.91. The normalized spacial score (nSPS) is 11.5. The number of halogens is 4. The van der Waals surface area contributed by atoms with Crippen molar-refractivity contribution in [1.82, 2.24) is 0 Å². The summed E-state index contributed by atoms with van der Waals surface area (Å²) >= 11 is 0. The van der Waals surface area contributed by atoms with E-state index in [1.165, 1.54) is 0 Å². The lowest BCUT2D eigenvalue weighted by Crippen LogP contribution is -2.37. The predicted molar refractivity (Wildman–Crippen MR) is 51.2 cm³/mol. The van der Waals surface area contributed by atoms with Crippen LogP contribution in [0.25, 0.3) is 0 Å². The number of aliphatic hydroxyl groups is 1. The van der Waals surface area contributed by atoms with E-state index >= 15 is 0 Å². The molecule has 1 rings (SSSR count). The second kappa shape index (κ2) is 4.33. The van der Waals surface area contributed by atoms with Crippen LogP contribution in [-0.4, -0.2) is 16.6 Å². The summed E-state index contributed by atoms with van der Waals surface area (Å²) < 4.78 is 51.8. The molecule has 17 heavy (non-hydrogen) atoms. The van der Waals surface area contributed by atoms with Crippen LogP contribution in [0.15, 0.2) is 6.07 Å². The number of amides is 1. The van der Waals surface area contributed by atoms with Gasteiger partial charge in [0.25, 0.3) is 5.91 Å². The monoisotopic (exact) mass is 251 g/mol. The van der Waals surface area contributed by atoms with Crippen LogP contribution in [0.3, 0.4) is 0 Å². The maximum absolute atomic E-state index is 13.1. The number of nitrogens with one attached hydrogen (secondary N) is 1. The summed E-state index contributed by atoms with van der Waals surface area (Å²) in [7, 11) is 0. The van der Waals surface area contributed by atoms with E-state index in [4.69, 9.17) is 0 Å². The van der Waals surface area contributed by atoms with Gasteiger partial charge in [-0.05, 0) is 13.8 Å². The van der Waals surface area contributed by atoms with Gasteiger partial charge in [-0.2, -0.15) is 0 Å². The van der Waals surface area contributed by atoms with Crippen molar-refractivity contribution in [1.29, 1.82) is 0 Å². The first-order valence-electron chi connectivity index (χ1n) is 4.51. The maximum Gasteiger partial charge on any atom is 0.255 e. The topological polar surface area (TPSA) is 49.3 Å². The molecule has 1 amide bonds. The molecule has 0 saturated carbocycles. The van der Waals surface area contributed by atoms with Gasteiger partial charge < -0.3 is 10.4 Å². The molecular formula is C10H9F4NO2. The Kier molecular flexibility index (Phi) is 3.42. The summed E-state index contributed by atoms with van der Waals surface area (Å²) in [6, 6.07) is 0.0183. The lowest BCUT2D eigenvalue weighted by molar-refractivity contribution is -0.130. The molecule has 2 N–H and O–H groups in total. The van der Waals surface area contributed by atoms with E-state index in [0.717, 1.165) is 13.8 Å². The molecular weight excluding hydrogens is 242 g/mol. The van der Waals surface area contributed by atoms with Gasteiger partial charge in [-0.1, -0.05) is 0 Å². The fraction of sp³-hybridized carbons (Fsp3) is 0.300. The molecule has 0 spiro atoms. The van der Waals surface area contributed by atoms with Gasteiger partial charge in [0.05, 0.1) is 0 Å². The zero-order chi connectivity index (χ0) is 13.4. The molecule has 7 heteroatoms. The fourth-order valence-corrected chi connectivity index (χ4v) is 0.949. The second-order valence-corrected chi connectivity index (χ2v) is 3.86. The smallest absolute Gasteiger partial charge is 0.255 e. The van der Waals surface area contributed by atoms with Gasteiger partial charge in [-0.15, -0.1) is 0 Å². The predicted octanol–water partition coefficient (Wildman–Crippen LogP) is 1.95. The van der Waals surface area contributed by atoms with Crippen LogP contribution in [0.5, 0.6) is 0 Å². The number of carbonyl (C=O) groups excluding carboxylic acids is 1. The van der Waals surface area contributed by atoms with Crippen LogP contribution < -0.4 is 5.32 Å². The van der Waals surface area contributed by atoms with Crippen LogP contribution in [-0.2, 0) is 4.79 Å². The molecule has 0 radical (unpaired) electrons. The lowest BCUT2D eigenvalue weighted by atomic mass is 10.1. The summed E-state index contributed by atoms with van der Waals surface area (Å²) in [6.45, 7) is 2.10. The van der Waals surface area contributed by atoms with Crippen molar-refractivity contribution >= 4 is 11.6 Å². The third kappa shape index (κ3) is 2.73. The average Bonchev–Trinajstić information content (AvgIpc) is 2.20. The lowest BCUT2D eigenvalue weighted by Gasteiger charge is -2.17. The largest absolute Gasteiger partial charge is 0.381 e. The number of hydrogen-bond donors (Lipinski definition) is 2. The van der Waals surface area contributed by atoms with Crippen molar-refractivity contribution in [3.63, 3.8) is 0 Å². The maximum atomic E-state index is 13.1. The average molecular weight is 251 g/mol. The van der Waals surface area contributed by atoms with E-state index in [-0.39, 0.29) is 6.07 Å². The van der Waals surface area contributed by atoms with Crippen molar-refractivity contribution in [3.8, 4) is 0 Å². The molecule has 1 aromatic carbocycles. The molecule has 0 aromatic heterocycles.